The molecule has 1 aromatic rings. The summed E-state index contributed by atoms with van der Waals surface area (Å²) in [5, 5.41) is 3.07. The molecule has 2 heterocycles. The second kappa shape index (κ2) is 6.37. The van der Waals surface area contributed by atoms with E-state index in [9.17, 15) is 18.0 Å². The van der Waals surface area contributed by atoms with E-state index in [2.05, 4.69) is 10.3 Å². The van der Waals surface area contributed by atoms with E-state index in [4.69, 9.17) is 0 Å². The van der Waals surface area contributed by atoms with E-state index in [0.29, 0.717) is 18.9 Å². The molecule has 1 N–H and O–H groups in total. The van der Waals surface area contributed by atoms with Crippen LogP contribution in [0.3, 0.4) is 0 Å². The molecule has 0 radical (unpaired) electrons. The van der Waals surface area contributed by atoms with Gasteiger partial charge in [-0.2, -0.15) is 13.2 Å². The van der Waals surface area contributed by atoms with E-state index in [1.807, 2.05) is 4.90 Å². The Morgan fingerprint density at radius 1 is 1.22 bits per heavy atom. The van der Waals surface area contributed by atoms with Crippen LogP contribution in [-0.2, 0) is 11.0 Å². The van der Waals surface area contributed by atoms with Crippen molar-refractivity contribution in [1.82, 2.24) is 10.3 Å². The van der Waals surface area contributed by atoms with Gasteiger partial charge in [-0.05, 0) is 31.4 Å². The molecule has 1 atom stereocenters. The number of rotatable bonds is 3. The summed E-state index contributed by atoms with van der Waals surface area (Å²) in [5.41, 5.74) is -0.744. The topological polar surface area (TPSA) is 45.2 Å². The summed E-state index contributed by atoms with van der Waals surface area (Å²) in [7, 11) is 0. The molecule has 0 aromatic carbocycles. The Hall–Kier alpha value is -1.79. The maximum Gasteiger partial charge on any atom is 0.417 e. The molecule has 1 aromatic heterocycles. The van der Waals surface area contributed by atoms with Crippen LogP contribution in [0.4, 0.5) is 19.0 Å². The number of alkyl halides is 3. The number of aromatic nitrogens is 1. The lowest BCUT2D eigenvalue weighted by Gasteiger charge is -2.19. The molecule has 2 fully saturated rings. The number of anilines is 1. The van der Waals surface area contributed by atoms with Gasteiger partial charge in [-0.15, -0.1) is 0 Å². The van der Waals surface area contributed by atoms with Crippen LogP contribution in [0, 0.1) is 5.92 Å². The summed E-state index contributed by atoms with van der Waals surface area (Å²) in [6.07, 6.45) is 1.44. The van der Waals surface area contributed by atoms with Crippen molar-refractivity contribution in [3.63, 3.8) is 0 Å². The predicted octanol–water partition coefficient (Wildman–Crippen LogP) is 2.99. The van der Waals surface area contributed by atoms with Gasteiger partial charge in [-0.3, -0.25) is 4.79 Å². The highest BCUT2D eigenvalue weighted by molar-refractivity contribution is 5.79. The summed E-state index contributed by atoms with van der Waals surface area (Å²) in [5.74, 6) is 0.776. The smallest absolute Gasteiger partial charge is 0.354 e. The predicted molar refractivity (Wildman–Crippen MR) is 80.0 cm³/mol. The third kappa shape index (κ3) is 3.76. The van der Waals surface area contributed by atoms with Gasteiger partial charge in [0.05, 0.1) is 5.56 Å². The van der Waals surface area contributed by atoms with Crippen molar-refractivity contribution in [2.75, 3.05) is 18.0 Å². The molecule has 3 rings (SSSR count). The van der Waals surface area contributed by atoms with Gasteiger partial charge in [0.15, 0.2) is 0 Å². The maximum atomic E-state index is 12.5. The molecule has 1 aliphatic carbocycles. The van der Waals surface area contributed by atoms with Crippen LogP contribution < -0.4 is 10.2 Å². The van der Waals surface area contributed by atoms with Crippen molar-refractivity contribution in [2.45, 2.75) is 44.3 Å². The zero-order chi connectivity index (χ0) is 16.4. The number of halogens is 3. The first-order valence-corrected chi connectivity index (χ1v) is 8.02. The fourth-order valence-corrected chi connectivity index (χ4v) is 3.33. The molecular weight excluding hydrogens is 307 g/mol. The molecule has 2 aliphatic rings. The summed E-state index contributed by atoms with van der Waals surface area (Å²) >= 11 is 0. The number of nitrogens with zero attached hydrogens (tertiary/aromatic N) is 2. The number of carbonyl (C=O) groups excluding carboxylic acids is 1. The summed E-state index contributed by atoms with van der Waals surface area (Å²) < 4.78 is 37.6. The monoisotopic (exact) mass is 327 g/mol. The van der Waals surface area contributed by atoms with Gasteiger partial charge in [0.1, 0.15) is 5.82 Å². The summed E-state index contributed by atoms with van der Waals surface area (Å²) in [4.78, 5) is 18.0. The average molecular weight is 327 g/mol. The molecule has 1 unspecified atom stereocenters. The first-order chi connectivity index (χ1) is 10.9. The summed E-state index contributed by atoms with van der Waals surface area (Å²) in [6, 6.07) is 2.49. The van der Waals surface area contributed by atoms with Gasteiger partial charge in [0.2, 0.25) is 5.91 Å². The highest BCUT2D eigenvalue weighted by atomic mass is 19.4. The molecule has 0 bridgehead atoms. The van der Waals surface area contributed by atoms with Crippen LogP contribution in [0.1, 0.15) is 37.7 Å². The number of nitrogens with one attached hydrogen (secondary N) is 1. The van der Waals surface area contributed by atoms with Crippen LogP contribution in [-0.4, -0.2) is 30.0 Å². The van der Waals surface area contributed by atoms with Crippen LogP contribution in [0.25, 0.3) is 0 Å². The van der Waals surface area contributed by atoms with Crippen molar-refractivity contribution in [1.29, 1.82) is 0 Å². The Balaban J connectivity index is 1.56. The van der Waals surface area contributed by atoms with Crippen LogP contribution >= 0.6 is 0 Å². The fraction of sp³-hybridized carbons (Fsp3) is 0.625. The SMILES string of the molecule is O=C(NC1CCN(c2ccc(C(F)(F)F)cn2)C1)C1CCCC1. The maximum absolute atomic E-state index is 12.5. The minimum Gasteiger partial charge on any atom is -0.354 e. The Bertz CT molecular complexity index is 553. The third-order valence-electron chi connectivity index (χ3n) is 4.66. The van der Waals surface area contributed by atoms with Crippen molar-refractivity contribution in [3.05, 3.63) is 23.9 Å². The molecule has 7 heteroatoms. The highest BCUT2D eigenvalue weighted by Gasteiger charge is 2.32. The van der Waals surface area contributed by atoms with Crippen molar-refractivity contribution < 1.29 is 18.0 Å². The number of hydrogen-bond donors (Lipinski definition) is 1. The molecular formula is C16H20F3N3O. The second-order valence-electron chi connectivity index (χ2n) is 6.32. The Labute approximate surface area is 133 Å². The van der Waals surface area contributed by atoms with Gasteiger partial charge < -0.3 is 10.2 Å². The first kappa shape index (κ1) is 16.1. The standard InChI is InChI=1S/C16H20F3N3O/c17-16(18,19)12-5-6-14(20-9-12)22-8-7-13(10-22)21-15(23)11-3-1-2-4-11/h5-6,9,11,13H,1-4,7-8,10H2,(H,21,23). The quantitative estimate of drug-likeness (QED) is 0.928. The normalized spacial score (nSPS) is 22.6. The van der Waals surface area contributed by atoms with Gasteiger partial charge in [0.25, 0.3) is 0 Å². The van der Waals surface area contributed by atoms with Crippen LogP contribution in [0.15, 0.2) is 18.3 Å². The minimum atomic E-state index is -4.37. The molecule has 1 saturated carbocycles. The van der Waals surface area contributed by atoms with Crippen molar-refractivity contribution in [2.24, 2.45) is 5.92 Å². The number of carbonyl (C=O) groups is 1. The zero-order valence-corrected chi connectivity index (χ0v) is 12.8. The average Bonchev–Trinajstić information content (AvgIpc) is 3.18. The van der Waals surface area contributed by atoms with Crippen molar-refractivity contribution in [3.8, 4) is 0 Å². The highest BCUT2D eigenvalue weighted by Crippen LogP contribution is 2.30. The van der Waals surface area contributed by atoms with Crippen LogP contribution in [0.5, 0.6) is 0 Å². The van der Waals surface area contributed by atoms with E-state index in [0.717, 1.165) is 44.4 Å². The molecule has 4 nitrogen and oxygen atoms in total. The fourth-order valence-electron chi connectivity index (χ4n) is 3.33. The lowest BCUT2D eigenvalue weighted by Crippen LogP contribution is -2.40. The Morgan fingerprint density at radius 2 is 1.96 bits per heavy atom. The van der Waals surface area contributed by atoms with E-state index in [-0.39, 0.29) is 17.9 Å². The van der Waals surface area contributed by atoms with E-state index >= 15 is 0 Å². The largest absolute Gasteiger partial charge is 0.417 e. The van der Waals surface area contributed by atoms with Gasteiger partial charge >= 0.3 is 6.18 Å². The van der Waals surface area contributed by atoms with E-state index in [1.165, 1.54) is 6.07 Å². The molecule has 1 aliphatic heterocycles. The minimum absolute atomic E-state index is 0.0483. The Morgan fingerprint density at radius 3 is 2.57 bits per heavy atom. The second-order valence-corrected chi connectivity index (χ2v) is 6.32. The van der Waals surface area contributed by atoms with Gasteiger partial charge in [-0.1, -0.05) is 12.8 Å². The van der Waals surface area contributed by atoms with E-state index in [1.54, 1.807) is 0 Å². The number of hydrogen-bond acceptors (Lipinski definition) is 3. The first-order valence-electron chi connectivity index (χ1n) is 8.02. The van der Waals surface area contributed by atoms with E-state index < -0.39 is 11.7 Å². The van der Waals surface area contributed by atoms with Crippen molar-refractivity contribution >= 4 is 11.7 Å². The zero-order valence-electron chi connectivity index (χ0n) is 12.8. The lowest BCUT2D eigenvalue weighted by molar-refractivity contribution is -0.137. The third-order valence-corrected chi connectivity index (χ3v) is 4.66. The molecule has 1 amide bonds. The molecule has 23 heavy (non-hydrogen) atoms. The molecule has 1 saturated heterocycles. The lowest BCUT2D eigenvalue weighted by atomic mass is 10.1. The Kier molecular flexibility index (Phi) is 4.46. The van der Waals surface area contributed by atoms with Crippen LogP contribution in [0.2, 0.25) is 0 Å². The molecule has 0 spiro atoms. The molecule has 126 valence electrons. The summed E-state index contributed by atoms with van der Waals surface area (Å²) in [6.45, 7) is 1.28. The van der Waals surface area contributed by atoms with Gasteiger partial charge in [-0.25, -0.2) is 4.98 Å². The number of pyridine rings is 1. The number of amides is 1. The van der Waals surface area contributed by atoms with Gasteiger partial charge in [0, 0.05) is 31.2 Å².